The van der Waals surface area contributed by atoms with Crippen molar-refractivity contribution in [2.75, 3.05) is 7.05 Å². The SMILES string of the molecule is CN(Cc1ccccc1-c1nc2ccccc2[nH]1)C1CCCCC1. The molecule has 3 aromatic rings. The molecule has 1 aromatic heterocycles. The highest BCUT2D eigenvalue weighted by atomic mass is 15.1. The number of benzene rings is 2. The van der Waals surface area contributed by atoms with Crippen LogP contribution in [0, 0.1) is 0 Å². The molecule has 1 aliphatic rings. The Morgan fingerprint density at radius 2 is 1.75 bits per heavy atom. The van der Waals surface area contributed by atoms with Crippen molar-refractivity contribution in [3.63, 3.8) is 0 Å². The van der Waals surface area contributed by atoms with Gasteiger partial charge >= 0.3 is 0 Å². The minimum Gasteiger partial charge on any atom is -0.338 e. The monoisotopic (exact) mass is 319 g/mol. The van der Waals surface area contributed by atoms with Gasteiger partial charge in [-0.2, -0.15) is 0 Å². The number of aromatic amines is 1. The van der Waals surface area contributed by atoms with E-state index in [1.165, 1.54) is 43.2 Å². The van der Waals surface area contributed by atoms with E-state index in [2.05, 4.69) is 53.3 Å². The second-order valence-corrected chi connectivity index (χ2v) is 6.97. The van der Waals surface area contributed by atoms with E-state index >= 15 is 0 Å². The van der Waals surface area contributed by atoms with Crippen LogP contribution >= 0.6 is 0 Å². The predicted octanol–water partition coefficient (Wildman–Crippen LogP) is 4.99. The van der Waals surface area contributed by atoms with Crippen LogP contribution in [0.2, 0.25) is 0 Å². The van der Waals surface area contributed by atoms with Crippen molar-refractivity contribution in [1.82, 2.24) is 14.9 Å². The van der Waals surface area contributed by atoms with Gasteiger partial charge in [0.1, 0.15) is 5.82 Å². The molecular formula is C21H25N3. The van der Waals surface area contributed by atoms with Gasteiger partial charge in [-0.15, -0.1) is 0 Å². The zero-order valence-corrected chi connectivity index (χ0v) is 14.3. The van der Waals surface area contributed by atoms with Crippen molar-refractivity contribution in [2.45, 2.75) is 44.7 Å². The van der Waals surface area contributed by atoms with Crippen molar-refractivity contribution in [3.8, 4) is 11.4 Å². The van der Waals surface area contributed by atoms with Crippen LogP contribution in [0.25, 0.3) is 22.4 Å². The van der Waals surface area contributed by atoms with Gasteiger partial charge < -0.3 is 4.98 Å². The van der Waals surface area contributed by atoms with E-state index in [0.29, 0.717) is 0 Å². The average molecular weight is 319 g/mol. The highest BCUT2D eigenvalue weighted by Gasteiger charge is 2.19. The van der Waals surface area contributed by atoms with E-state index in [1.807, 2.05) is 12.1 Å². The molecule has 0 amide bonds. The van der Waals surface area contributed by atoms with Crippen LogP contribution in [0.4, 0.5) is 0 Å². The van der Waals surface area contributed by atoms with E-state index in [4.69, 9.17) is 4.98 Å². The normalized spacial score (nSPS) is 16.1. The molecule has 1 saturated carbocycles. The van der Waals surface area contributed by atoms with Crippen molar-refractivity contribution < 1.29 is 0 Å². The Bertz CT molecular complexity index is 782. The first-order valence-electron chi connectivity index (χ1n) is 9.04. The summed E-state index contributed by atoms with van der Waals surface area (Å²) < 4.78 is 0. The molecule has 4 rings (SSSR count). The zero-order valence-electron chi connectivity index (χ0n) is 14.3. The Morgan fingerprint density at radius 1 is 1.00 bits per heavy atom. The van der Waals surface area contributed by atoms with Crippen molar-refractivity contribution >= 4 is 11.0 Å². The number of nitrogens with zero attached hydrogens (tertiary/aromatic N) is 2. The number of hydrogen-bond acceptors (Lipinski definition) is 2. The Morgan fingerprint density at radius 3 is 2.58 bits per heavy atom. The number of aromatic nitrogens is 2. The lowest BCUT2D eigenvalue weighted by Gasteiger charge is -2.31. The summed E-state index contributed by atoms with van der Waals surface area (Å²) in [4.78, 5) is 10.8. The molecule has 1 fully saturated rings. The molecule has 2 aromatic carbocycles. The number of imidazole rings is 1. The van der Waals surface area contributed by atoms with Crippen LogP contribution in [-0.4, -0.2) is 28.0 Å². The first-order valence-corrected chi connectivity index (χ1v) is 9.04. The second-order valence-electron chi connectivity index (χ2n) is 6.97. The number of rotatable bonds is 4. The molecule has 0 bridgehead atoms. The maximum absolute atomic E-state index is 4.79. The lowest BCUT2D eigenvalue weighted by atomic mass is 9.94. The predicted molar refractivity (Wildman–Crippen MR) is 99.9 cm³/mol. The molecule has 0 spiro atoms. The summed E-state index contributed by atoms with van der Waals surface area (Å²) in [5.41, 5.74) is 4.70. The minimum atomic E-state index is 0.725. The summed E-state index contributed by atoms with van der Waals surface area (Å²) >= 11 is 0. The number of para-hydroxylation sites is 2. The number of nitrogens with one attached hydrogen (secondary N) is 1. The number of hydrogen-bond donors (Lipinski definition) is 1. The summed E-state index contributed by atoms with van der Waals surface area (Å²) in [7, 11) is 2.27. The van der Waals surface area contributed by atoms with Crippen LogP contribution in [0.1, 0.15) is 37.7 Å². The van der Waals surface area contributed by atoms with Gasteiger partial charge in [0.2, 0.25) is 0 Å². The fourth-order valence-electron chi connectivity index (χ4n) is 3.89. The maximum atomic E-state index is 4.79. The van der Waals surface area contributed by atoms with E-state index in [1.54, 1.807) is 0 Å². The molecule has 0 atom stereocenters. The first-order chi connectivity index (χ1) is 11.8. The number of fused-ring (bicyclic) bond motifs is 1. The van der Waals surface area contributed by atoms with Gasteiger partial charge in [0, 0.05) is 18.2 Å². The molecule has 0 aliphatic heterocycles. The first kappa shape index (κ1) is 15.4. The standard InChI is InChI=1S/C21H25N3/c1-24(17-10-3-2-4-11-17)15-16-9-5-6-12-18(16)21-22-19-13-7-8-14-20(19)23-21/h5-9,12-14,17H,2-4,10-11,15H2,1H3,(H,22,23). The summed E-state index contributed by atoms with van der Waals surface area (Å²) in [5.74, 6) is 0.976. The van der Waals surface area contributed by atoms with Crippen LogP contribution in [0.3, 0.4) is 0 Å². The third-order valence-electron chi connectivity index (χ3n) is 5.28. The van der Waals surface area contributed by atoms with E-state index in [0.717, 1.165) is 29.4 Å². The minimum absolute atomic E-state index is 0.725. The molecule has 24 heavy (non-hydrogen) atoms. The van der Waals surface area contributed by atoms with Gasteiger partial charge in [0.25, 0.3) is 0 Å². The summed E-state index contributed by atoms with van der Waals surface area (Å²) in [6, 6.07) is 17.6. The third kappa shape index (κ3) is 3.09. The summed E-state index contributed by atoms with van der Waals surface area (Å²) in [6.45, 7) is 0.984. The largest absolute Gasteiger partial charge is 0.338 e. The van der Waals surface area contributed by atoms with Gasteiger partial charge in [0.15, 0.2) is 0 Å². The van der Waals surface area contributed by atoms with Gasteiger partial charge in [-0.05, 0) is 37.6 Å². The van der Waals surface area contributed by atoms with Crippen LogP contribution in [-0.2, 0) is 6.54 Å². The molecule has 0 unspecified atom stereocenters. The fraction of sp³-hybridized carbons (Fsp3) is 0.381. The molecule has 3 heteroatoms. The molecule has 1 N–H and O–H groups in total. The fourth-order valence-corrected chi connectivity index (χ4v) is 3.89. The van der Waals surface area contributed by atoms with Gasteiger partial charge in [0.05, 0.1) is 11.0 Å². The Balaban J connectivity index is 1.62. The van der Waals surface area contributed by atoms with E-state index < -0.39 is 0 Å². The van der Waals surface area contributed by atoms with Gasteiger partial charge in [-0.3, -0.25) is 4.90 Å². The Labute approximate surface area is 143 Å². The van der Waals surface area contributed by atoms with Crippen LogP contribution in [0.5, 0.6) is 0 Å². The molecule has 0 radical (unpaired) electrons. The topological polar surface area (TPSA) is 31.9 Å². The molecule has 124 valence electrons. The van der Waals surface area contributed by atoms with Gasteiger partial charge in [-0.1, -0.05) is 55.7 Å². The van der Waals surface area contributed by atoms with Crippen LogP contribution in [0.15, 0.2) is 48.5 Å². The Kier molecular flexibility index (Phi) is 4.35. The third-order valence-corrected chi connectivity index (χ3v) is 5.28. The average Bonchev–Trinajstić information content (AvgIpc) is 3.07. The molecule has 3 nitrogen and oxygen atoms in total. The van der Waals surface area contributed by atoms with Gasteiger partial charge in [-0.25, -0.2) is 4.98 Å². The van der Waals surface area contributed by atoms with Crippen molar-refractivity contribution in [1.29, 1.82) is 0 Å². The summed E-state index contributed by atoms with van der Waals surface area (Å²) in [6.07, 6.45) is 6.83. The smallest absolute Gasteiger partial charge is 0.138 e. The maximum Gasteiger partial charge on any atom is 0.138 e. The lowest BCUT2D eigenvalue weighted by molar-refractivity contribution is 0.185. The van der Waals surface area contributed by atoms with Crippen LogP contribution < -0.4 is 0 Å². The lowest BCUT2D eigenvalue weighted by Crippen LogP contribution is -2.33. The molecule has 1 aliphatic carbocycles. The summed E-state index contributed by atoms with van der Waals surface area (Å²) in [5, 5.41) is 0. The number of H-pyrrole nitrogens is 1. The molecule has 0 saturated heterocycles. The molecular weight excluding hydrogens is 294 g/mol. The highest BCUT2D eigenvalue weighted by Crippen LogP contribution is 2.27. The Hall–Kier alpha value is -2.13. The zero-order chi connectivity index (χ0) is 16.4. The van der Waals surface area contributed by atoms with E-state index in [9.17, 15) is 0 Å². The molecule has 1 heterocycles. The second kappa shape index (κ2) is 6.78. The quantitative estimate of drug-likeness (QED) is 0.734. The van der Waals surface area contributed by atoms with Crippen molar-refractivity contribution in [2.24, 2.45) is 0 Å². The van der Waals surface area contributed by atoms with E-state index in [-0.39, 0.29) is 0 Å². The van der Waals surface area contributed by atoms with Crippen molar-refractivity contribution in [3.05, 3.63) is 54.1 Å². The highest BCUT2D eigenvalue weighted by molar-refractivity contribution is 5.79.